The summed E-state index contributed by atoms with van der Waals surface area (Å²) in [6.45, 7) is 5.68. The Bertz CT molecular complexity index is 589. The van der Waals surface area contributed by atoms with E-state index in [1.807, 2.05) is 13.8 Å². The van der Waals surface area contributed by atoms with Gasteiger partial charge in [0.05, 0.1) is 0 Å². The van der Waals surface area contributed by atoms with Gasteiger partial charge in [-0.1, -0.05) is 6.92 Å². The zero-order valence-electron chi connectivity index (χ0n) is 10.7. The number of hydrogen-bond acceptors (Lipinski definition) is 2. The lowest BCUT2D eigenvalue weighted by Crippen LogP contribution is -2.32. The van der Waals surface area contributed by atoms with E-state index in [1.165, 1.54) is 18.2 Å². The Morgan fingerprint density at radius 1 is 1.50 bits per heavy atom. The van der Waals surface area contributed by atoms with E-state index in [2.05, 4.69) is 5.32 Å². The van der Waals surface area contributed by atoms with Gasteiger partial charge in [0.25, 0.3) is 5.91 Å². The van der Waals surface area contributed by atoms with Gasteiger partial charge in [0.1, 0.15) is 11.4 Å². The van der Waals surface area contributed by atoms with E-state index in [-0.39, 0.29) is 23.5 Å². The maximum atomic E-state index is 13.1. The number of hydrogen-bond donors (Lipinski definition) is 1. The van der Waals surface area contributed by atoms with Crippen LogP contribution < -0.4 is 5.32 Å². The predicted molar refractivity (Wildman–Crippen MR) is 68.1 cm³/mol. The molecule has 2 aromatic rings. The Hall–Kier alpha value is -1.84. The number of rotatable bonds is 3. The molecule has 4 heteroatoms. The molecule has 1 unspecified atom stereocenters. The van der Waals surface area contributed by atoms with Gasteiger partial charge in [0.2, 0.25) is 0 Å². The average Bonchev–Trinajstić information content (AvgIpc) is 2.66. The van der Waals surface area contributed by atoms with Crippen LogP contribution in [0.25, 0.3) is 11.0 Å². The van der Waals surface area contributed by atoms with Gasteiger partial charge in [-0.3, -0.25) is 4.79 Å². The normalized spacial score (nSPS) is 12.7. The molecule has 1 heterocycles. The fraction of sp³-hybridized carbons (Fsp3) is 0.357. The van der Waals surface area contributed by atoms with Crippen LogP contribution in [0.1, 0.15) is 36.4 Å². The lowest BCUT2D eigenvalue weighted by atomic mass is 10.1. The number of amides is 1. The third kappa shape index (κ3) is 2.23. The number of benzene rings is 1. The van der Waals surface area contributed by atoms with Crippen molar-refractivity contribution in [1.82, 2.24) is 5.32 Å². The van der Waals surface area contributed by atoms with Gasteiger partial charge in [-0.25, -0.2) is 4.39 Å². The van der Waals surface area contributed by atoms with E-state index in [0.717, 1.165) is 6.42 Å². The molecule has 0 aliphatic carbocycles. The highest BCUT2D eigenvalue weighted by atomic mass is 19.1. The van der Waals surface area contributed by atoms with Crippen molar-refractivity contribution in [2.24, 2.45) is 0 Å². The monoisotopic (exact) mass is 249 g/mol. The van der Waals surface area contributed by atoms with E-state index >= 15 is 0 Å². The summed E-state index contributed by atoms with van der Waals surface area (Å²) < 4.78 is 18.6. The molecule has 0 bridgehead atoms. The van der Waals surface area contributed by atoms with Crippen LogP contribution in [-0.2, 0) is 0 Å². The summed E-state index contributed by atoms with van der Waals surface area (Å²) in [6.07, 6.45) is 0.847. The number of nitrogens with one attached hydrogen (secondary N) is 1. The largest absolute Gasteiger partial charge is 0.451 e. The maximum absolute atomic E-state index is 13.1. The predicted octanol–water partition coefficient (Wildman–Crippen LogP) is 3.41. The Balaban J connectivity index is 2.40. The highest BCUT2D eigenvalue weighted by Gasteiger charge is 2.18. The summed E-state index contributed by atoms with van der Waals surface area (Å²) in [5.41, 5.74) is 1.20. The molecule has 2 rings (SSSR count). The fourth-order valence-electron chi connectivity index (χ4n) is 1.80. The first-order valence-electron chi connectivity index (χ1n) is 6.02. The average molecular weight is 249 g/mol. The Kier molecular flexibility index (Phi) is 3.36. The van der Waals surface area contributed by atoms with Crippen molar-refractivity contribution < 1.29 is 13.6 Å². The van der Waals surface area contributed by atoms with Gasteiger partial charge >= 0.3 is 0 Å². The summed E-state index contributed by atoms with van der Waals surface area (Å²) in [4.78, 5) is 12.0. The third-order valence-corrected chi connectivity index (χ3v) is 3.09. The Morgan fingerprint density at radius 3 is 2.89 bits per heavy atom. The number of carbonyl (C=O) groups excluding carboxylic acids is 1. The molecule has 0 saturated carbocycles. The van der Waals surface area contributed by atoms with E-state index < -0.39 is 0 Å². The topological polar surface area (TPSA) is 42.2 Å². The van der Waals surface area contributed by atoms with Crippen LogP contribution in [0.2, 0.25) is 0 Å². The van der Waals surface area contributed by atoms with Crippen LogP contribution in [0, 0.1) is 12.7 Å². The second-order valence-corrected chi connectivity index (χ2v) is 4.48. The number of furan rings is 1. The molecular weight excluding hydrogens is 233 g/mol. The fourth-order valence-corrected chi connectivity index (χ4v) is 1.80. The first-order chi connectivity index (χ1) is 8.52. The molecule has 0 aliphatic rings. The molecule has 0 aliphatic heterocycles. The van der Waals surface area contributed by atoms with E-state index in [0.29, 0.717) is 16.5 Å². The molecule has 96 valence electrons. The zero-order valence-corrected chi connectivity index (χ0v) is 10.7. The summed E-state index contributed by atoms with van der Waals surface area (Å²) >= 11 is 0. The third-order valence-electron chi connectivity index (χ3n) is 3.09. The molecule has 1 atom stereocenters. The highest BCUT2D eigenvalue weighted by molar-refractivity contribution is 5.99. The van der Waals surface area contributed by atoms with Crippen molar-refractivity contribution in [2.75, 3.05) is 0 Å². The van der Waals surface area contributed by atoms with Gasteiger partial charge in [-0.15, -0.1) is 0 Å². The molecule has 0 spiro atoms. The quantitative estimate of drug-likeness (QED) is 0.905. The first kappa shape index (κ1) is 12.6. The zero-order chi connectivity index (χ0) is 13.3. The van der Waals surface area contributed by atoms with Gasteiger partial charge in [-0.05, 0) is 38.5 Å². The smallest absolute Gasteiger partial charge is 0.287 e. The molecule has 1 aromatic carbocycles. The number of fused-ring (bicyclic) bond motifs is 1. The maximum Gasteiger partial charge on any atom is 0.287 e. The van der Waals surface area contributed by atoms with Crippen LogP contribution in [0.5, 0.6) is 0 Å². The molecule has 0 radical (unpaired) electrons. The van der Waals surface area contributed by atoms with Crippen LogP contribution in [0.15, 0.2) is 22.6 Å². The standard InChI is InChI=1S/C14H16FNO2/c1-4-8(2)16-14(17)13-9(3)11-7-10(15)5-6-12(11)18-13/h5-8H,4H2,1-3H3,(H,16,17). The van der Waals surface area contributed by atoms with Crippen molar-refractivity contribution in [1.29, 1.82) is 0 Å². The van der Waals surface area contributed by atoms with Gasteiger partial charge < -0.3 is 9.73 Å². The Morgan fingerprint density at radius 2 is 2.22 bits per heavy atom. The van der Waals surface area contributed by atoms with Crippen LogP contribution in [0.3, 0.4) is 0 Å². The molecule has 0 saturated heterocycles. The molecule has 1 amide bonds. The van der Waals surface area contributed by atoms with Crippen molar-refractivity contribution in [3.63, 3.8) is 0 Å². The van der Waals surface area contributed by atoms with E-state index in [1.54, 1.807) is 6.92 Å². The molecule has 1 aromatic heterocycles. The Labute approximate surface area is 105 Å². The second-order valence-electron chi connectivity index (χ2n) is 4.48. The highest BCUT2D eigenvalue weighted by Crippen LogP contribution is 2.25. The lowest BCUT2D eigenvalue weighted by Gasteiger charge is -2.09. The minimum absolute atomic E-state index is 0.0850. The number of aryl methyl sites for hydroxylation is 1. The SMILES string of the molecule is CCC(C)NC(=O)c1oc2ccc(F)cc2c1C. The lowest BCUT2D eigenvalue weighted by molar-refractivity contribution is 0.0912. The van der Waals surface area contributed by atoms with Gasteiger partial charge in [-0.2, -0.15) is 0 Å². The van der Waals surface area contributed by atoms with Gasteiger partial charge in [0, 0.05) is 17.0 Å². The second kappa shape index (κ2) is 4.80. The van der Waals surface area contributed by atoms with Crippen molar-refractivity contribution >= 4 is 16.9 Å². The van der Waals surface area contributed by atoms with E-state index in [9.17, 15) is 9.18 Å². The van der Waals surface area contributed by atoms with E-state index in [4.69, 9.17) is 4.42 Å². The van der Waals surface area contributed by atoms with Crippen molar-refractivity contribution in [2.45, 2.75) is 33.2 Å². The summed E-state index contributed by atoms with van der Waals surface area (Å²) in [6, 6.07) is 4.33. The minimum atomic E-state index is -0.333. The molecule has 0 fully saturated rings. The molecule has 18 heavy (non-hydrogen) atoms. The molecular formula is C14H16FNO2. The summed E-state index contributed by atoms with van der Waals surface area (Å²) in [5.74, 6) is -0.324. The van der Waals surface area contributed by atoms with Crippen molar-refractivity contribution in [3.05, 3.63) is 35.3 Å². The van der Waals surface area contributed by atoms with Gasteiger partial charge in [0.15, 0.2) is 5.76 Å². The molecule has 3 nitrogen and oxygen atoms in total. The van der Waals surface area contributed by atoms with Crippen LogP contribution >= 0.6 is 0 Å². The van der Waals surface area contributed by atoms with Crippen LogP contribution in [-0.4, -0.2) is 11.9 Å². The van der Waals surface area contributed by atoms with Crippen molar-refractivity contribution in [3.8, 4) is 0 Å². The first-order valence-corrected chi connectivity index (χ1v) is 6.02. The minimum Gasteiger partial charge on any atom is -0.451 e. The van der Waals surface area contributed by atoms with Crippen LogP contribution in [0.4, 0.5) is 4.39 Å². The molecule has 1 N–H and O–H groups in total. The number of halogens is 1. The summed E-state index contributed by atoms with van der Waals surface area (Å²) in [7, 11) is 0. The number of carbonyl (C=O) groups is 1. The summed E-state index contributed by atoms with van der Waals surface area (Å²) in [5, 5.41) is 3.48.